The molecule has 10 aromatic rings. The second-order valence-electron chi connectivity index (χ2n) is 19.4. The molecule has 0 saturated heterocycles. The summed E-state index contributed by atoms with van der Waals surface area (Å²) in [5, 5.41) is 1.30. The maximum Gasteiger partial charge on any atom is 0.121 e. The molecule has 4 nitrogen and oxygen atoms in total. The zero-order valence-electron chi connectivity index (χ0n) is 43.7. The van der Waals surface area contributed by atoms with Crippen LogP contribution >= 0.6 is 0 Å². The molecule has 343 valence electrons. The molecule has 1 saturated carbocycles. The van der Waals surface area contributed by atoms with Crippen LogP contribution in [-0.2, 0) is 20.1 Å². The molecule has 0 bridgehead atoms. The number of aromatic nitrogens is 3. The number of fused-ring (bicyclic) bond motifs is 4. The molecular formula is C63H59IrN3O-2. The van der Waals surface area contributed by atoms with E-state index in [0.717, 1.165) is 86.9 Å². The van der Waals surface area contributed by atoms with Crippen LogP contribution in [0.2, 0.25) is 0 Å². The first-order valence-electron chi connectivity index (χ1n) is 25.7. The first kappa shape index (κ1) is 41.8. The second-order valence-corrected chi connectivity index (χ2v) is 19.4. The van der Waals surface area contributed by atoms with Crippen LogP contribution in [-0.4, -0.2) is 14.5 Å². The maximum absolute atomic E-state index is 9.38. The van der Waals surface area contributed by atoms with Gasteiger partial charge in [-0.05, 0) is 130 Å². The Labute approximate surface area is 421 Å². The van der Waals surface area contributed by atoms with Gasteiger partial charge in [0.05, 0.1) is 22.4 Å². The number of para-hydroxylation sites is 2. The van der Waals surface area contributed by atoms with Gasteiger partial charge >= 0.3 is 0 Å². The Morgan fingerprint density at radius 2 is 1.40 bits per heavy atom. The van der Waals surface area contributed by atoms with Crippen LogP contribution in [0.15, 0.2) is 168 Å². The molecule has 0 spiro atoms. The molecule has 5 heteroatoms. The molecule has 1 fully saturated rings. The largest absolute Gasteiger partial charge is 0.501 e. The number of benzene rings is 7. The van der Waals surface area contributed by atoms with Gasteiger partial charge in [-0.1, -0.05) is 150 Å². The van der Waals surface area contributed by atoms with Crippen LogP contribution in [0.3, 0.4) is 0 Å². The van der Waals surface area contributed by atoms with Crippen LogP contribution < -0.4 is 0 Å². The van der Waals surface area contributed by atoms with Gasteiger partial charge in [-0.15, -0.1) is 53.6 Å². The summed E-state index contributed by atoms with van der Waals surface area (Å²) in [4.78, 5) is 9.52. The predicted molar refractivity (Wildman–Crippen MR) is 280 cm³/mol. The molecule has 0 unspecified atom stereocenters. The summed E-state index contributed by atoms with van der Waals surface area (Å²) in [6.45, 7) is 11.2. The second kappa shape index (κ2) is 19.7. The molecule has 11 rings (SSSR count). The number of imidazole rings is 1. The molecule has 0 aliphatic heterocycles. The Morgan fingerprint density at radius 1 is 0.721 bits per heavy atom. The topological polar surface area (TPSA) is 43.9 Å². The average Bonchev–Trinajstić information content (AvgIpc) is 3.96. The van der Waals surface area contributed by atoms with Gasteiger partial charge in [-0.2, -0.15) is 0 Å². The van der Waals surface area contributed by atoms with Crippen molar-refractivity contribution >= 4 is 33.0 Å². The van der Waals surface area contributed by atoms with Crippen molar-refractivity contribution in [3.05, 3.63) is 198 Å². The van der Waals surface area contributed by atoms with Crippen molar-refractivity contribution in [2.45, 2.75) is 91.8 Å². The van der Waals surface area contributed by atoms with Gasteiger partial charge in [-0.25, -0.2) is 0 Å². The molecular weight excluding hydrogens is 1010 g/mol. The molecule has 68 heavy (non-hydrogen) atoms. The minimum atomic E-state index is -2.39. The first-order chi connectivity index (χ1) is 34.1. The minimum Gasteiger partial charge on any atom is -0.501 e. The van der Waals surface area contributed by atoms with Crippen molar-refractivity contribution in [3.8, 4) is 50.6 Å². The number of hydrogen-bond donors (Lipinski definition) is 0. The fraction of sp³-hybridized carbons (Fsp3) is 0.238. The molecule has 1 aliphatic rings. The SMILES string of the molecule is [2H]C([2H])([2H])c1c[c-]c(-c2nc3ccccc3n2-c2c(C(C)C)cc(-c3ccc(C4([2H])CCC(C)(C)CC4)cc3)cc2C(C)C)c2oc3cc(-c4ccccc4)ccc3c12.[Ir].[c-]1ccccc1-c1ccccn1. The summed E-state index contributed by atoms with van der Waals surface area (Å²) in [6.07, 6.45) is 5.69. The number of rotatable bonds is 8. The number of aryl methyl sites for hydroxylation is 1. The van der Waals surface area contributed by atoms with E-state index in [2.05, 4.69) is 118 Å². The van der Waals surface area contributed by atoms with E-state index < -0.39 is 12.7 Å². The normalized spacial score (nSPS) is 15.3. The summed E-state index contributed by atoms with van der Waals surface area (Å²) < 4.78 is 44.1. The molecule has 0 atom stereocenters. The van der Waals surface area contributed by atoms with Gasteiger partial charge in [0.25, 0.3) is 0 Å². The molecule has 1 aliphatic carbocycles. The fourth-order valence-electron chi connectivity index (χ4n) is 9.69. The smallest absolute Gasteiger partial charge is 0.121 e. The summed E-state index contributed by atoms with van der Waals surface area (Å²) in [5.74, 6) is 0.412. The van der Waals surface area contributed by atoms with Crippen molar-refractivity contribution in [2.24, 2.45) is 5.41 Å². The third kappa shape index (κ3) is 9.27. The number of furan rings is 1. The van der Waals surface area contributed by atoms with Crippen molar-refractivity contribution < 1.29 is 30.0 Å². The number of nitrogens with zero attached hydrogens (tertiary/aromatic N) is 3. The summed E-state index contributed by atoms with van der Waals surface area (Å²) in [7, 11) is 0. The van der Waals surface area contributed by atoms with Gasteiger partial charge in [-0.3, -0.25) is 4.98 Å². The monoisotopic (exact) mass is 1070 g/mol. The van der Waals surface area contributed by atoms with Gasteiger partial charge < -0.3 is 14.0 Å². The van der Waals surface area contributed by atoms with Crippen molar-refractivity contribution in [1.29, 1.82) is 0 Å². The van der Waals surface area contributed by atoms with Crippen molar-refractivity contribution in [2.75, 3.05) is 0 Å². The summed E-state index contributed by atoms with van der Waals surface area (Å²) in [6, 6.07) is 59.6. The molecule has 0 N–H and O–H groups in total. The maximum atomic E-state index is 9.38. The molecule has 0 amide bonds. The van der Waals surface area contributed by atoms with Gasteiger partial charge in [0, 0.05) is 42.9 Å². The van der Waals surface area contributed by atoms with E-state index >= 15 is 0 Å². The fourth-order valence-corrected chi connectivity index (χ4v) is 9.69. The van der Waals surface area contributed by atoms with Crippen molar-refractivity contribution in [3.63, 3.8) is 0 Å². The van der Waals surface area contributed by atoms with Crippen LogP contribution in [0.1, 0.15) is 113 Å². The molecule has 7 aromatic carbocycles. The zero-order valence-corrected chi connectivity index (χ0v) is 42.0. The average molecular weight is 1070 g/mol. The van der Waals surface area contributed by atoms with E-state index in [0.29, 0.717) is 33.4 Å². The first-order valence-corrected chi connectivity index (χ1v) is 23.7. The Balaban J connectivity index is 0.000000430. The Morgan fingerprint density at radius 3 is 2.07 bits per heavy atom. The van der Waals surface area contributed by atoms with E-state index in [9.17, 15) is 1.37 Å². The Kier molecular flexibility index (Phi) is 12.1. The standard InChI is InChI=1S/C52H51N2O.C11H8N.Ir/c1-32(2)43-29-40(37-20-18-36(19-21-37)38-25-27-52(6,7)28-26-38)30-44(33(3)4)49(43)54-46-16-12-11-15-45(46)53-51(54)42-23-17-34(5)48-41-24-22-39(31-47(41)55-50(42)48)35-13-9-8-10-14-35;1-2-6-10(7-3-1)11-8-4-5-9-12-11;/h8-22,24,29-33,38H,25-28H2,1-7H3;1-6,8-9H;/q2*-1;/i5D3,38D;;. The molecule has 3 aromatic heterocycles. The third-order valence-electron chi connectivity index (χ3n) is 13.6. The summed E-state index contributed by atoms with van der Waals surface area (Å²) >= 11 is 0. The van der Waals surface area contributed by atoms with E-state index in [1.165, 1.54) is 11.1 Å². The van der Waals surface area contributed by atoms with Crippen LogP contribution in [0, 0.1) is 24.4 Å². The van der Waals surface area contributed by atoms with Crippen LogP contribution in [0.4, 0.5) is 0 Å². The number of pyridine rings is 1. The Hall–Kier alpha value is -6.39. The predicted octanol–water partition coefficient (Wildman–Crippen LogP) is 17.5. The third-order valence-corrected chi connectivity index (χ3v) is 13.6. The van der Waals surface area contributed by atoms with Gasteiger partial charge in [0.1, 0.15) is 5.58 Å². The van der Waals surface area contributed by atoms with Crippen molar-refractivity contribution in [1.82, 2.24) is 14.5 Å². The van der Waals surface area contributed by atoms with E-state index in [1.807, 2.05) is 97.1 Å². The molecule has 1 radical (unpaired) electrons. The number of hydrogen-bond acceptors (Lipinski definition) is 3. The van der Waals surface area contributed by atoms with Crippen LogP contribution in [0.25, 0.3) is 83.6 Å². The van der Waals surface area contributed by atoms with Gasteiger partial charge in [0.15, 0.2) is 0 Å². The molecule has 3 heterocycles. The summed E-state index contributed by atoms with van der Waals surface area (Å²) in [5.41, 5.74) is 14.8. The van der Waals surface area contributed by atoms with E-state index in [1.54, 1.807) is 12.3 Å². The van der Waals surface area contributed by atoms with Crippen LogP contribution in [0.5, 0.6) is 0 Å². The van der Waals surface area contributed by atoms with Gasteiger partial charge in [0.2, 0.25) is 0 Å². The van der Waals surface area contributed by atoms with E-state index in [4.69, 9.17) is 13.5 Å². The van der Waals surface area contributed by atoms with E-state index in [-0.39, 0.29) is 37.5 Å². The Bertz CT molecular complexity index is 3430. The quantitative estimate of drug-likeness (QED) is 0.142. The minimum absolute atomic E-state index is 0. The zero-order chi connectivity index (χ0) is 49.7.